The van der Waals surface area contributed by atoms with E-state index in [0.717, 1.165) is 25.7 Å². The van der Waals surface area contributed by atoms with Crippen LogP contribution in [0.1, 0.15) is 89.5 Å². The molecular weight excluding hydrogens is 433 g/mol. The van der Waals surface area contributed by atoms with Gasteiger partial charge in [-0.2, -0.15) is 0 Å². The van der Waals surface area contributed by atoms with E-state index in [9.17, 15) is 0 Å². The van der Waals surface area contributed by atoms with Crippen molar-refractivity contribution in [2.45, 2.75) is 112 Å². The Hall–Kier alpha value is -0.510. The van der Waals surface area contributed by atoms with E-state index in [0.29, 0.717) is 0 Å². The minimum absolute atomic E-state index is 1.11. The Labute approximate surface area is 205 Å². The summed E-state index contributed by atoms with van der Waals surface area (Å²) in [5.74, 6) is 2.46. The quantitative estimate of drug-likeness (QED) is 0.197. The van der Waals surface area contributed by atoms with Gasteiger partial charge in [-0.15, -0.1) is 23.5 Å². The van der Waals surface area contributed by atoms with Gasteiger partial charge >= 0.3 is 0 Å². The van der Waals surface area contributed by atoms with Crippen molar-refractivity contribution >= 4 is 35.3 Å². The molecule has 172 valence electrons. The monoisotopic (exact) mass is 474 g/mol. The molecule has 0 spiro atoms. The van der Waals surface area contributed by atoms with Crippen LogP contribution < -0.4 is 0 Å². The lowest BCUT2D eigenvalue weighted by Crippen LogP contribution is -2.00. The molecule has 0 radical (unpaired) electrons. The van der Waals surface area contributed by atoms with Crippen LogP contribution in [0.25, 0.3) is 0 Å². The fraction of sp³-hybridized carbons (Fsp3) is 0.571. The van der Waals surface area contributed by atoms with E-state index in [1.807, 2.05) is 11.8 Å². The second-order valence-corrected chi connectivity index (χ2v) is 11.3. The minimum atomic E-state index is 1.11. The summed E-state index contributed by atoms with van der Waals surface area (Å²) in [4.78, 5) is 5.93. The van der Waals surface area contributed by atoms with E-state index >= 15 is 0 Å². The second kappa shape index (κ2) is 14.6. The fourth-order valence-electron chi connectivity index (χ4n) is 4.08. The van der Waals surface area contributed by atoms with E-state index in [-0.39, 0.29) is 0 Å². The third kappa shape index (κ3) is 7.24. The molecule has 2 aromatic rings. The van der Waals surface area contributed by atoms with Crippen LogP contribution in [0.4, 0.5) is 0 Å². The Morgan fingerprint density at radius 1 is 0.484 bits per heavy atom. The molecule has 0 aliphatic heterocycles. The Morgan fingerprint density at radius 2 is 0.806 bits per heavy atom. The molecule has 0 N–H and O–H groups in total. The average molecular weight is 475 g/mol. The van der Waals surface area contributed by atoms with Crippen LogP contribution in [0.3, 0.4) is 0 Å². The molecule has 0 unspecified atom stereocenters. The highest BCUT2D eigenvalue weighted by atomic mass is 32.2. The van der Waals surface area contributed by atoms with Crippen molar-refractivity contribution < 1.29 is 0 Å². The summed E-state index contributed by atoms with van der Waals surface area (Å²) in [5, 5.41) is 0. The highest BCUT2D eigenvalue weighted by molar-refractivity contribution is 8.00. The Morgan fingerprint density at radius 3 is 1.13 bits per heavy atom. The molecule has 2 rings (SSSR count). The first-order valence-electron chi connectivity index (χ1n) is 12.4. The summed E-state index contributed by atoms with van der Waals surface area (Å²) in [6.45, 7) is 13.9. The first kappa shape index (κ1) is 26.7. The lowest BCUT2D eigenvalue weighted by Gasteiger charge is -2.20. The molecule has 0 aliphatic carbocycles. The van der Waals surface area contributed by atoms with Crippen LogP contribution in [0.15, 0.2) is 43.8 Å². The van der Waals surface area contributed by atoms with Crippen molar-refractivity contribution in [1.29, 1.82) is 0 Å². The maximum atomic E-state index is 2.39. The standard InChI is InChI=1S/C28H42S3/c1-7-13-19-29-25-15-17-27(23(11-5)21(25)9-3)31-28-18-16-26(30-20-14-8-2)22(10-4)24(28)12-6/h15-18H,7-14,19-20H2,1-6H3. The Balaban J connectivity index is 2.38. The van der Waals surface area contributed by atoms with E-state index in [1.54, 1.807) is 22.3 Å². The molecule has 0 saturated carbocycles. The van der Waals surface area contributed by atoms with Gasteiger partial charge in [0.25, 0.3) is 0 Å². The van der Waals surface area contributed by atoms with Gasteiger partial charge in [0, 0.05) is 19.6 Å². The molecule has 3 heteroatoms. The van der Waals surface area contributed by atoms with Gasteiger partial charge in [-0.1, -0.05) is 66.1 Å². The van der Waals surface area contributed by atoms with Crippen molar-refractivity contribution in [3.05, 3.63) is 46.5 Å². The molecule has 0 nitrogen and oxygen atoms in total. The van der Waals surface area contributed by atoms with Crippen LogP contribution in [-0.4, -0.2) is 11.5 Å². The van der Waals surface area contributed by atoms with Gasteiger partial charge in [0.15, 0.2) is 0 Å². The number of hydrogen-bond acceptors (Lipinski definition) is 3. The molecule has 0 fully saturated rings. The van der Waals surface area contributed by atoms with Crippen molar-refractivity contribution in [2.75, 3.05) is 11.5 Å². The largest absolute Gasteiger partial charge is 0.126 e. The minimum Gasteiger partial charge on any atom is -0.126 e. The van der Waals surface area contributed by atoms with E-state index in [1.165, 1.54) is 56.8 Å². The molecule has 31 heavy (non-hydrogen) atoms. The predicted molar refractivity (Wildman–Crippen MR) is 146 cm³/mol. The average Bonchev–Trinajstić information content (AvgIpc) is 2.79. The second-order valence-electron chi connectivity index (χ2n) is 7.96. The van der Waals surface area contributed by atoms with Crippen molar-refractivity contribution in [3.63, 3.8) is 0 Å². The highest BCUT2D eigenvalue weighted by Gasteiger charge is 2.16. The highest BCUT2D eigenvalue weighted by Crippen LogP contribution is 2.41. The normalized spacial score (nSPS) is 11.3. The summed E-state index contributed by atoms with van der Waals surface area (Å²) >= 11 is 6.11. The van der Waals surface area contributed by atoms with E-state index in [4.69, 9.17) is 0 Å². The van der Waals surface area contributed by atoms with Crippen LogP contribution in [0, 0.1) is 0 Å². The maximum absolute atomic E-state index is 2.39. The zero-order valence-electron chi connectivity index (χ0n) is 20.6. The molecule has 0 aromatic heterocycles. The van der Waals surface area contributed by atoms with Crippen LogP contribution >= 0.6 is 35.3 Å². The fourth-order valence-corrected chi connectivity index (χ4v) is 7.89. The van der Waals surface area contributed by atoms with E-state index < -0.39 is 0 Å². The molecule has 0 amide bonds. The molecular formula is C28H42S3. The first-order valence-corrected chi connectivity index (χ1v) is 15.2. The van der Waals surface area contributed by atoms with Gasteiger partial charge in [-0.3, -0.25) is 0 Å². The maximum Gasteiger partial charge on any atom is 0.0157 e. The first-order chi connectivity index (χ1) is 15.1. The summed E-state index contributed by atoms with van der Waals surface area (Å²) in [6.07, 6.45) is 9.62. The number of hydrogen-bond donors (Lipinski definition) is 0. The number of thioether (sulfide) groups is 2. The third-order valence-corrected chi connectivity index (χ3v) is 9.41. The van der Waals surface area contributed by atoms with E-state index in [2.05, 4.69) is 89.3 Å². The summed E-state index contributed by atoms with van der Waals surface area (Å²) in [5.41, 5.74) is 6.29. The Bertz CT molecular complexity index is 743. The molecule has 2 aromatic carbocycles. The summed E-state index contributed by atoms with van der Waals surface area (Å²) < 4.78 is 0. The van der Waals surface area contributed by atoms with Crippen LogP contribution in [0.5, 0.6) is 0 Å². The predicted octanol–water partition coefficient (Wildman–Crippen LogP) is 9.87. The molecule has 0 heterocycles. The lowest BCUT2D eigenvalue weighted by molar-refractivity contribution is 0.893. The van der Waals surface area contributed by atoms with Crippen molar-refractivity contribution in [1.82, 2.24) is 0 Å². The topological polar surface area (TPSA) is 0 Å². The third-order valence-electron chi connectivity index (χ3n) is 5.84. The molecule has 0 aliphatic rings. The summed E-state index contributed by atoms with van der Waals surface area (Å²) in [7, 11) is 0. The SMILES string of the molecule is CCCCSc1ccc(Sc2ccc(SCCCC)c(CC)c2CC)c(CC)c1CC. The van der Waals surface area contributed by atoms with Gasteiger partial charge in [0.2, 0.25) is 0 Å². The van der Waals surface area contributed by atoms with Gasteiger partial charge in [0.05, 0.1) is 0 Å². The van der Waals surface area contributed by atoms with Crippen LogP contribution in [0.2, 0.25) is 0 Å². The van der Waals surface area contributed by atoms with Gasteiger partial charge < -0.3 is 0 Å². The molecule has 0 bridgehead atoms. The smallest absolute Gasteiger partial charge is 0.0157 e. The van der Waals surface area contributed by atoms with Gasteiger partial charge in [-0.25, -0.2) is 0 Å². The Kier molecular flexibility index (Phi) is 12.6. The van der Waals surface area contributed by atoms with Gasteiger partial charge in [0.1, 0.15) is 0 Å². The molecule has 0 saturated heterocycles. The zero-order chi connectivity index (χ0) is 22.6. The number of rotatable bonds is 14. The molecule has 0 atom stereocenters. The van der Waals surface area contributed by atoms with Crippen molar-refractivity contribution in [2.24, 2.45) is 0 Å². The van der Waals surface area contributed by atoms with Crippen LogP contribution in [-0.2, 0) is 25.7 Å². The lowest BCUT2D eigenvalue weighted by atomic mass is 10.0. The zero-order valence-corrected chi connectivity index (χ0v) is 23.1. The number of benzene rings is 2. The van der Waals surface area contributed by atoms with Crippen molar-refractivity contribution in [3.8, 4) is 0 Å². The van der Waals surface area contributed by atoms with Gasteiger partial charge in [-0.05, 0) is 96.5 Å². The summed E-state index contributed by atoms with van der Waals surface area (Å²) in [6, 6.07) is 9.57. The number of unbranched alkanes of at least 4 members (excludes halogenated alkanes) is 2.